The van der Waals surface area contributed by atoms with Crippen LogP contribution in [0, 0.1) is 0 Å². The van der Waals surface area contributed by atoms with Crippen molar-refractivity contribution in [3.05, 3.63) is 11.6 Å². The van der Waals surface area contributed by atoms with Crippen LogP contribution in [0.25, 0.3) is 0 Å². The highest BCUT2D eigenvalue weighted by Gasteiger charge is 2.27. The first kappa shape index (κ1) is 19.6. The van der Waals surface area contributed by atoms with Gasteiger partial charge in [0, 0.05) is 26.7 Å². The molecular formula is C19H34N4O2. The summed E-state index contributed by atoms with van der Waals surface area (Å²) in [6.07, 6.45) is 9.18. The Labute approximate surface area is 152 Å². The maximum Gasteiger partial charge on any atom is 0.407 e. The van der Waals surface area contributed by atoms with Gasteiger partial charge in [-0.2, -0.15) is 0 Å². The SMILES string of the molecule is CN=C(NCCC1=CCCCC1)N1CCC(NC(=O)OC(C)(C)C)C1. The van der Waals surface area contributed by atoms with Crippen LogP contribution in [-0.4, -0.2) is 55.3 Å². The van der Waals surface area contributed by atoms with Gasteiger partial charge in [0.1, 0.15) is 5.60 Å². The second-order valence-corrected chi connectivity index (χ2v) is 7.91. The third-order valence-corrected chi connectivity index (χ3v) is 4.53. The minimum absolute atomic E-state index is 0.106. The lowest BCUT2D eigenvalue weighted by molar-refractivity contribution is 0.0507. The highest BCUT2D eigenvalue weighted by atomic mass is 16.6. The number of guanidine groups is 1. The molecule has 1 amide bonds. The third kappa shape index (κ3) is 6.96. The molecule has 6 nitrogen and oxygen atoms in total. The summed E-state index contributed by atoms with van der Waals surface area (Å²) in [6, 6.07) is 0.106. The van der Waals surface area contributed by atoms with Crippen LogP contribution in [0.15, 0.2) is 16.6 Å². The number of carbonyl (C=O) groups is 1. The zero-order valence-corrected chi connectivity index (χ0v) is 16.2. The van der Waals surface area contributed by atoms with Crippen molar-refractivity contribution in [2.45, 2.75) is 70.9 Å². The van der Waals surface area contributed by atoms with Crippen LogP contribution in [0.4, 0.5) is 4.79 Å². The monoisotopic (exact) mass is 350 g/mol. The Morgan fingerprint density at radius 2 is 2.20 bits per heavy atom. The lowest BCUT2D eigenvalue weighted by Crippen LogP contribution is -2.44. The van der Waals surface area contributed by atoms with E-state index in [0.29, 0.717) is 0 Å². The third-order valence-electron chi connectivity index (χ3n) is 4.53. The molecule has 6 heteroatoms. The molecule has 142 valence electrons. The number of amides is 1. The van der Waals surface area contributed by atoms with Gasteiger partial charge in [0.2, 0.25) is 0 Å². The summed E-state index contributed by atoms with van der Waals surface area (Å²) in [6.45, 7) is 8.20. The molecule has 0 aromatic carbocycles. The Hall–Kier alpha value is -1.72. The molecule has 1 saturated heterocycles. The number of hydrogen-bond donors (Lipinski definition) is 2. The molecule has 0 spiro atoms. The van der Waals surface area contributed by atoms with E-state index in [-0.39, 0.29) is 12.1 Å². The fourth-order valence-electron chi connectivity index (χ4n) is 3.34. The van der Waals surface area contributed by atoms with Gasteiger partial charge >= 0.3 is 6.09 Å². The molecule has 25 heavy (non-hydrogen) atoms. The number of nitrogens with one attached hydrogen (secondary N) is 2. The molecule has 0 saturated carbocycles. The largest absolute Gasteiger partial charge is 0.444 e. The molecule has 1 atom stereocenters. The van der Waals surface area contributed by atoms with Crippen molar-refractivity contribution in [3.8, 4) is 0 Å². The van der Waals surface area contributed by atoms with Crippen LogP contribution in [0.5, 0.6) is 0 Å². The van der Waals surface area contributed by atoms with Crippen molar-refractivity contribution in [1.29, 1.82) is 0 Å². The van der Waals surface area contributed by atoms with Crippen molar-refractivity contribution in [1.82, 2.24) is 15.5 Å². The van der Waals surface area contributed by atoms with Crippen LogP contribution in [0.2, 0.25) is 0 Å². The van der Waals surface area contributed by atoms with Crippen LogP contribution in [0.1, 0.15) is 59.3 Å². The van der Waals surface area contributed by atoms with Gasteiger partial charge in [-0.1, -0.05) is 11.6 Å². The molecule has 1 aliphatic heterocycles. The zero-order chi connectivity index (χ0) is 18.3. The van der Waals surface area contributed by atoms with Gasteiger partial charge in [0.05, 0.1) is 6.04 Å². The van der Waals surface area contributed by atoms with E-state index in [0.717, 1.165) is 38.4 Å². The predicted octanol–water partition coefficient (Wildman–Crippen LogP) is 3.05. The summed E-state index contributed by atoms with van der Waals surface area (Å²) in [7, 11) is 1.82. The molecule has 1 aliphatic carbocycles. The topological polar surface area (TPSA) is 66.0 Å². The first-order valence-electron chi connectivity index (χ1n) is 9.50. The lowest BCUT2D eigenvalue weighted by Gasteiger charge is -2.23. The Kier molecular flexibility index (Phi) is 7.14. The first-order chi connectivity index (χ1) is 11.9. The van der Waals surface area contributed by atoms with Gasteiger partial charge in [-0.25, -0.2) is 4.79 Å². The van der Waals surface area contributed by atoms with Gasteiger partial charge in [-0.15, -0.1) is 0 Å². The number of likely N-dealkylation sites (tertiary alicyclic amines) is 1. The second-order valence-electron chi connectivity index (χ2n) is 7.91. The molecule has 2 rings (SSSR count). The van der Waals surface area contributed by atoms with Crippen molar-refractivity contribution in [3.63, 3.8) is 0 Å². The molecule has 0 radical (unpaired) electrons. The van der Waals surface area contributed by atoms with E-state index >= 15 is 0 Å². The quantitative estimate of drug-likeness (QED) is 0.465. The second kappa shape index (κ2) is 9.11. The molecule has 0 bridgehead atoms. The van der Waals surface area contributed by atoms with Gasteiger partial charge in [0.25, 0.3) is 0 Å². The number of allylic oxidation sites excluding steroid dienone is 1. The van der Waals surface area contributed by atoms with Gasteiger partial charge in [-0.05, 0) is 59.3 Å². The standard InChI is InChI=1S/C19H34N4O2/c1-19(2,3)25-18(24)22-16-11-13-23(14-16)17(20-4)21-12-10-15-8-6-5-7-9-15/h8,16H,5-7,9-14H2,1-4H3,(H,20,21)(H,22,24). The summed E-state index contributed by atoms with van der Waals surface area (Å²) in [5, 5.41) is 6.42. The van der Waals surface area contributed by atoms with E-state index in [1.54, 1.807) is 5.57 Å². The minimum Gasteiger partial charge on any atom is -0.444 e. The van der Waals surface area contributed by atoms with E-state index in [9.17, 15) is 4.79 Å². The van der Waals surface area contributed by atoms with Crippen molar-refractivity contribution >= 4 is 12.1 Å². The zero-order valence-electron chi connectivity index (χ0n) is 16.2. The number of alkyl carbamates (subject to hydrolysis) is 1. The fraction of sp³-hybridized carbons (Fsp3) is 0.789. The Morgan fingerprint density at radius 3 is 2.84 bits per heavy atom. The van der Waals surface area contributed by atoms with E-state index in [1.807, 2.05) is 27.8 Å². The number of hydrogen-bond acceptors (Lipinski definition) is 3. The van der Waals surface area contributed by atoms with Crippen LogP contribution < -0.4 is 10.6 Å². The van der Waals surface area contributed by atoms with Gasteiger partial charge in [-0.3, -0.25) is 4.99 Å². The van der Waals surface area contributed by atoms with E-state index in [4.69, 9.17) is 4.74 Å². The Morgan fingerprint density at radius 1 is 1.40 bits per heavy atom. The highest BCUT2D eigenvalue weighted by Crippen LogP contribution is 2.19. The Balaban J connectivity index is 1.73. The average molecular weight is 351 g/mol. The molecular weight excluding hydrogens is 316 g/mol. The van der Waals surface area contributed by atoms with Crippen LogP contribution in [-0.2, 0) is 4.74 Å². The number of rotatable bonds is 4. The number of aliphatic imine (C=N–C) groups is 1. The highest BCUT2D eigenvalue weighted by molar-refractivity contribution is 5.80. The van der Waals surface area contributed by atoms with Crippen molar-refractivity contribution in [2.24, 2.45) is 4.99 Å². The molecule has 2 N–H and O–H groups in total. The predicted molar refractivity (Wildman–Crippen MR) is 102 cm³/mol. The number of ether oxygens (including phenoxy) is 1. The van der Waals surface area contributed by atoms with E-state index in [2.05, 4.69) is 26.6 Å². The van der Waals surface area contributed by atoms with Crippen molar-refractivity contribution in [2.75, 3.05) is 26.7 Å². The molecule has 0 aromatic rings. The van der Waals surface area contributed by atoms with Gasteiger partial charge < -0.3 is 20.3 Å². The summed E-state index contributed by atoms with van der Waals surface area (Å²) in [5.74, 6) is 0.921. The molecule has 1 heterocycles. The van der Waals surface area contributed by atoms with Crippen LogP contribution in [0.3, 0.4) is 0 Å². The smallest absolute Gasteiger partial charge is 0.407 e. The molecule has 1 unspecified atom stereocenters. The van der Waals surface area contributed by atoms with E-state index < -0.39 is 5.60 Å². The Bertz CT molecular complexity index is 508. The molecule has 0 aromatic heterocycles. The number of carbonyl (C=O) groups excluding carboxylic acids is 1. The molecule has 2 aliphatic rings. The summed E-state index contributed by atoms with van der Waals surface area (Å²) >= 11 is 0. The summed E-state index contributed by atoms with van der Waals surface area (Å²) in [5.41, 5.74) is 1.11. The maximum absolute atomic E-state index is 11.9. The maximum atomic E-state index is 11.9. The lowest BCUT2D eigenvalue weighted by atomic mass is 9.97. The summed E-state index contributed by atoms with van der Waals surface area (Å²) in [4.78, 5) is 18.5. The first-order valence-corrected chi connectivity index (χ1v) is 9.50. The number of nitrogens with zero attached hydrogens (tertiary/aromatic N) is 2. The fourth-order valence-corrected chi connectivity index (χ4v) is 3.34. The van der Waals surface area contributed by atoms with Crippen molar-refractivity contribution < 1.29 is 9.53 Å². The van der Waals surface area contributed by atoms with Crippen LogP contribution >= 0.6 is 0 Å². The molecule has 1 fully saturated rings. The summed E-state index contributed by atoms with van der Waals surface area (Å²) < 4.78 is 5.33. The van der Waals surface area contributed by atoms with E-state index in [1.165, 1.54) is 25.7 Å². The minimum atomic E-state index is -0.465. The average Bonchev–Trinajstić information content (AvgIpc) is 2.99. The van der Waals surface area contributed by atoms with Gasteiger partial charge in [0.15, 0.2) is 5.96 Å². The normalized spacial score (nSPS) is 21.8.